The van der Waals surface area contributed by atoms with E-state index in [2.05, 4.69) is 5.32 Å². The predicted octanol–water partition coefficient (Wildman–Crippen LogP) is 1.69. The lowest BCUT2D eigenvalue weighted by Gasteiger charge is -2.52. The number of aliphatic hydroxyl groups is 1. The van der Waals surface area contributed by atoms with Crippen LogP contribution in [0.15, 0.2) is 0 Å². The topological polar surface area (TPSA) is 86.6 Å². The van der Waals surface area contributed by atoms with E-state index in [9.17, 15) is 19.8 Å². The predicted molar refractivity (Wildman–Crippen MR) is 79.0 cm³/mol. The van der Waals surface area contributed by atoms with Crippen molar-refractivity contribution >= 4 is 11.9 Å². The highest BCUT2D eigenvalue weighted by Gasteiger charge is 2.58. The molecule has 5 aliphatic rings. The molecule has 5 aliphatic carbocycles. The number of aliphatic hydroxyl groups excluding tert-OH is 1. The monoisotopic (exact) mass is 307 g/mol. The molecule has 5 heteroatoms. The second-order valence-corrected chi connectivity index (χ2v) is 8.11. The second-order valence-electron chi connectivity index (χ2n) is 8.11. The molecule has 0 radical (unpaired) electrons. The molecule has 0 aromatic rings. The molecule has 3 N–H and O–H groups in total. The molecule has 0 heterocycles. The summed E-state index contributed by atoms with van der Waals surface area (Å²) in [5.74, 6) is 0.228. The molecule has 5 saturated carbocycles. The Balaban J connectivity index is 1.43. The Bertz CT molecular complexity index is 492. The molecule has 1 amide bonds. The van der Waals surface area contributed by atoms with Crippen LogP contribution in [-0.2, 0) is 9.59 Å². The van der Waals surface area contributed by atoms with E-state index in [-0.39, 0.29) is 23.5 Å². The summed E-state index contributed by atoms with van der Waals surface area (Å²) in [5, 5.41) is 22.8. The first-order chi connectivity index (χ1) is 10.5. The van der Waals surface area contributed by atoms with Crippen LogP contribution in [0.3, 0.4) is 0 Å². The van der Waals surface area contributed by atoms with Gasteiger partial charge in [-0.15, -0.1) is 0 Å². The largest absolute Gasteiger partial charge is 0.481 e. The van der Waals surface area contributed by atoms with Crippen molar-refractivity contribution in [3.05, 3.63) is 0 Å². The van der Waals surface area contributed by atoms with Crippen LogP contribution in [0, 0.1) is 22.7 Å². The third kappa shape index (κ3) is 1.81. The molecule has 0 aromatic heterocycles. The summed E-state index contributed by atoms with van der Waals surface area (Å²) in [5.41, 5.74) is -0.949. The minimum absolute atomic E-state index is 0.0672. The number of fused-ring (bicyclic) bond motifs is 4. The summed E-state index contributed by atoms with van der Waals surface area (Å²) in [6.45, 7) is 0. The summed E-state index contributed by atoms with van der Waals surface area (Å²) >= 11 is 0. The summed E-state index contributed by atoms with van der Waals surface area (Å²) in [4.78, 5) is 24.3. The zero-order valence-electron chi connectivity index (χ0n) is 12.9. The van der Waals surface area contributed by atoms with Gasteiger partial charge in [-0.1, -0.05) is 6.42 Å². The van der Waals surface area contributed by atoms with Crippen LogP contribution in [-0.4, -0.2) is 34.2 Å². The molecule has 5 rings (SSSR count). The standard InChI is InChI=1S/C17H25NO4/c19-13-11-3-1-2-10(11)12(13)18-14(20)16-4-7-17(8-5-16,9-6-16)15(21)22/h10-13,19H,1-9H2,(H,18,20)(H,21,22)/t10-,11+,12-,13+,16?,17?/m1/s1. The van der Waals surface area contributed by atoms with Gasteiger partial charge in [0.2, 0.25) is 5.91 Å². The normalized spacial score (nSPS) is 49.3. The van der Waals surface area contributed by atoms with Crippen molar-refractivity contribution in [2.75, 3.05) is 0 Å². The van der Waals surface area contributed by atoms with E-state index < -0.39 is 11.4 Å². The number of carboxylic acids is 1. The van der Waals surface area contributed by atoms with Crippen LogP contribution >= 0.6 is 0 Å². The van der Waals surface area contributed by atoms with Gasteiger partial charge in [0, 0.05) is 5.41 Å². The number of hydrogen-bond acceptors (Lipinski definition) is 3. The van der Waals surface area contributed by atoms with Gasteiger partial charge >= 0.3 is 5.97 Å². The molecule has 22 heavy (non-hydrogen) atoms. The SMILES string of the molecule is O=C(O)C12CCC(C(=O)N[C@H]3[C@@H](O)[C@H]4CCC[C@H]43)(CC1)CC2. The van der Waals surface area contributed by atoms with Gasteiger partial charge in [0.05, 0.1) is 17.6 Å². The first-order valence-corrected chi connectivity index (χ1v) is 8.70. The van der Waals surface area contributed by atoms with E-state index in [4.69, 9.17) is 0 Å². The summed E-state index contributed by atoms with van der Waals surface area (Å²) in [7, 11) is 0. The molecule has 4 atom stereocenters. The molecular formula is C17H25NO4. The van der Waals surface area contributed by atoms with Crippen molar-refractivity contribution in [1.29, 1.82) is 0 Å². The minimum Gasteiger partial charge on any atom is -0.481 e. The zero-order chi connectivity index (χ0) is 15.5. The molecular weight excluding hydrogens is 282 g/mol. The highest BCUT2D eigenvalue weighted by atomic mass is 16.4. The summed E-state index contributed by atoms with van der Waals surface area (Å²) in [6, 6.07) is -0.0672. The fourth-order valence-electron chi connectivity index (χ4n) is 5.61. The average Bonchev–Trinajstić information content (AvgIpc) is 2.98. The highest BCUT2D eigenvalue weighted by Crippen LogP contribution is 2.57. The number of carboxylic acid groups (broad SMARTS) is 1. The van der Waals surface area contributed by atoms with E-state index >= 15 is 0 Å². The number of aliphatic carboxylic acids is 1. The van der Waals surface area contributed by atoms with E-state index in [1.54, 1.807) is 0 Å². The first-order valence-electron chi connectivity index (χ1n) is 8.70. The Morgan fingerprint density at radius 1 is 0.909 bits per heavy atom. The van der Waals surface area contributed by atoms with E-state index in [1.807, 2.05) is 0 Å². The van der Waals surface area contributed by atoms with Gasteiger partial charge in [-0.2, -0.15) is 0 Å². The van der Waals surface area contributed by atoms with Crippen LogP contribution in [0.4, 0.5) is 0 Å². The molecule has 0 aromatic carbocycles. The van der Waals surface area contributed by atoms with Crippen LogP contribution in [0.2, 0.25) is 0 Å². The van der Waals surface area contributed by atoms with Crippen molar-refractivity contribution in [3.8, 4) is 0 Å². The molecule has 5 fully saturated rings. The number of carbonyl (C=O) groups excluding carboxylic acids is 1. The maximum Gasteiger partial charge on any atom is 0.309 e. The Morgan fingerprint density at radius 2 is 1.45 bits per heavy atom. The van der Waals surface area contributed by atoms with Gasteiger partial charge < -0.3 is 15.5 Å². The van der Waals surface area contributed by atoms with Gasteiger partial charge in [0.1, 0.15) is 0 Å². The van der Waals surface area contributed by atoms with Crippen LogP contribution in [0.25, 0.3) is 0 Å². The number of carbonyl (C=O) groups is 2. The zero-order valence-corrected chi connectivity index (χ0v) is 12.9. The first kappa shape index (κ1) is 14.5. The molecule has 0 unspecified atom stereocenters. The fraction of sp³-hybridized carbons (Fsp3) is 0.882. The Hall–Kier alpha value is -1.10. The molecule has 5 nitrogen and oxygen atoms in total. The van der Waals surface area contributed by atoms with Crippen molar-refractivity contribution < 1.29 is 19.8 Å². The fourth-order valence-corrected chi connectivity index (χ4v) is 5.61. The molecule has 0 saturated heterocycles. The lowest BCUT2D eigenvalue weighted by molar-refractivity contribution is -0.165. The van der Waals surface area contributed by atoms with Crippen LogP contribution in [0.5, 0.6) is 0 Å². The third-order valence-electron chi connectivity index (χ3n) is 7.37. The van der Waals surface area contributed by atoms with Gasteiger partial charge in [0.15, 0.2) is 0 Å². The van der Waals surface area contributed by atoms with Gasteiger partial charge in [-0.3, -0.25) is 9.59 Å². The Morgan fingerprint density at radius 3 is 2.05 bits per heavy atom. The molecule has 122 valence electrons. The van der Waals surface area contributed by atoms with Crippen molar-refractivity contribution in [2.45, 2.75) is 69.9 Å². The number of nitrogens with one attached hydrogen (secondary N) is 1. The van der Waals surface area contributed by atoms with Crippen molar-refractivity contribution in [2.24, 2.45) is 22.7 Å². The number of hydrogen-bond donors (Lipinski definition) is 3. The van der Waals surface area contributed by atoms with E-state index in [0.717, 1.165) is 19.3 Å². The van der Waals surface area contributed by atoms with Crippen LogP contribution in [0.1, 0.15) is 57.8 Å². The maximum atomic E-state index is 12.8. The lowest BCUT2D eigenvalue weighted by atomic mass is 9.53. The van der Waals surface area contributed by atoms with Crippen molar-refractivity contribution in [3.63, 3.8) is 0 Å². The van der Waals surface area contributed by atoms with Gasteiger partial charge in [-0.05, 0) is 63.2 Å². The number of amides is 1. The van der Waals surface area contributed by atoms with Gasteiger partial charge in [0.25, 0.3) is 0 Å². The molecule has 0 spiro atoms. The second kappa shape index (κ2) is 4.70. The van der Waals surface area contributed by atoms with E-state index in [0.29, 0.717) is 50.4 Å². The minimum atomic E-state index is -0.690. The Labute approximate surface area is 130 Å². The number of rotatable bonds is 3. The van der Waals surface area contributed by atoms with Crippen LogP contribution < -0.4 is 5.32 Å². The quantitative estimate of drug-likeness (QED) is 0.740. The average molecular weight is 307 g/mol. The summed E-state index contributed by atoms with van der Waals surface area (Å²) in [6.07, 6.45) is 6.89. The molecule has 0 aliphatic heterocycles. The van der Waals surface area contributed by atoms with Gasteiger partial charge in [-0.25, -0.2) is 0 Å². The highest BCUT2D eigenvalue weighted by molar-refractivity contribution is 5.85. The smallest absolute Gasteiger partial charge is 0.309 e. The third-order valence-corrected chi connectivity index (χ3v) is 7.37. The Kier molecular flexibility index (Phi) is 3.09. The molecule has 2 bridgehead atoms. The van der Waals surface area contributed by atoms with E-state index in [1.165, 1.54) is 0 Å². The van der Waals surface area contributed by atoms with Crippen molar-refractivity contribution in [1.82, 2.24) is 5.32 Å². The lowest BCUT2D eigenvalue weighted by Crippen LogP contribution is -2.64. The summed E-state index contributed by atoms with van der Waals surface area (Å²) < 4.78 is 0. The maximum absolute atomic E-state index is 12.8.